The Balaban J connectivity index is 4.09. The molecule has 1 N–H and O–H groups in total. The van der Waals surface area contributed by atoms with E-state index in [1.165, 1.54) is 0 Å². The molecule has 0 bridgehead atoms. The number of hydrogen-bond donors (Lipinski definition) is 3. The summed E-state index contributed by atoms with van der Waals surface area (Å²) in [6.07, 6.45) is 0.580. The van der Waals surface area contributed by atoms with Crippen LogP contribution < -0.4 is 0 Å². The summed E-state index contributed by atoms with van der Waals surface area (Å²) in [6, 6.07) is -0.454. The van der Waals surface area contributed by atoms with Crippen LogP contribution in [0.2, 0.25) is 0 Å². The zero-order valence-corrected chi connectivity index (χ0v) is 8.18. The van der Waals surface area contributed by atoms with Gasteiger partial charge in [-0.2, -0.15) is 25.3 Å². The Labute approximate surface area is 77.6 Å². The van der Waals surface area contributed by atoms with Crippen molar-refractivity contribution >= 4 is 31.2 Å². The molecule has 0 rings (SSSR count). The van der Waals surface area contributed by atoms with Gasteiger partial charge in [0, 0.05) is 11.8 Å². The Morgan fingerprint density at radius 2 is 2.00 bits per heavy atom. The fourth-order valence-corrected chi connectivity index (χ4v) is 1.58. The molecule has 1 atom stereocenters. The third kappa shape index (κ3) is 3.35. The van der Waals surface area contributed by atoms with Gasteiger partial charge >= 0.3 is 5.97 Å². The molecule has 0 aliphatic heterocycles. The van der Waals surface area contributed by atoms with Crippen molar-refractivity contribution in [3.05, 3.63) is 0 Å². The maximum Gasteiger partial charge on any atom is 0.320 e. The van der Waals surface area contributed by atoms with Crippen molar-refractivity contribution in [2.45, 2.75) is 19.4 Å². The lowest BCUT2D eigenvalue weighted by atomic mass is 10.2. The van der Waals surface area contributed by atoms with Crippen LogP contribution in [0, 0.1) is 0 Å². The molecule has 0 saturated carbocycles. The molecule has 66 valence electrons. The lowest BCUT2D eigenvalue weighted by Gasteiger charge is -2.23. The second-order valence-corrected chi connectivity index (χ2v) is 2.70. The summed E-state index contributed by atoms with van der Waals surface area (Å²) < 4.78 is 0. The molecule has 0 saturated heterocycles. The highest BCUT2D eigenvalue weighted by molar-refractivity contribution is 7.81. The minimum Gasteiger partial charge on any atom is -0.480 e. The number of carboxylic acid groups (broad SMARTS) is 1. The van der Waals surface area contributed by atoms with Crippen LogP contribution in [0.15, 0.2) is 0 Å². The number of aliphatic carboxylic acids is 1. The second-order valence-electron chi connectivity index (χ2n) is 2.13. The highest BCUT2D eigenvalue weighted by atomic mass is 32.1. The van der Waals surface area contributed by atoms with Gasteiger partial charge in [0.05, 0.1) is 0 Å². The average molecular weight is 195 g/mol. The maximum atomic E-state index is 10.6. The molecule has 0 aromatic carbocycles. The molecule has 0 radical (unpaired) electrons. The molecule has 0 aromatic heterocycles. The van der Waals surface area contributed by atoms with Crippen LogP contribution in [-0.2, 0) is 4.79 Å². The summed E-state index contributed by atoms with van der Waals surface area (Å²) in [7, 11) is 0. The van der Waals surface area contributed by atoms with E-state index in [0.717, 1.165) is 0 Å². The van der Waals surface area contributed by atoms with Gasteiger partial charge in [-0.05, 0) is 6.42 Å². The van der Waals surface area contributed by atoms with E-state index in [1.807, 2.05) is 6.92 Å². The second kappa shape index (κ2) is 5.74. The van der Waals surface area contributed by atoms with Crippen molar-refractivity contribution < 1.29 is 9.90 Å². The molecular weight excluding hydrogens is 182 g/mol. The van der Waals surface area contributed by atoms with E-state index >= 15 is 0 Å². The van der Waals surface area contributed by atoms with Crippen LogP contribution in [-0.4, -0.2) is 33.8 Å². The molecule has 0 heterocycles. The van der Waals surface area contributed by atoms with Crippen LogP contribution in [0.4, 0.5) is 0 Å². The molecular formula is C6H13NO2S2. The first-order valence-corrected chi connectivity index (χ1v) is 4.62. The van der Waals surface area contributed by atoms with E-state index in [2.05, 4.69) is 25.3 Å². The molecule has 0 spiro atoms. The third-order valence-corrected chi connectivity index (χ3v) is 2.20. The van der Waals surface area contributed by atoms with Crippen molar-refractivity contribution in [2.24, 2.45) is 0 Å². The highest BCUT2D eigenvalue weighted by Gasteiger charge is 2.20. The van der Waals surface area contributed by atoms with E-state index in [4.69, 9.17) is 5.11 Å². The number of carbonyl (C=O) groups is 1. The Kier molecular flexibility index (Phi) is 5.81. The van der Waals surface area contributed by atoms with Crippen LogP contribution in [0.3, 0.4) is 0 Å². The first-order valence-electron chi connectivity index (χ1n) is 3.35. The maximum absolute atomic E-state index is 10.6. The van der Waals surface area contributed by atoms with Crippen molar-refractivity contribution in [3.63, 3.8) is 0 Å². The van der Waals surface area contributed by atoms with Crippen molar-refractivity contribution in [2.75, 3.05) is 11.8 Å². The first kappa shape index (κ1) is 11.1. The third-order valence-electron chi connectivity index (χ3n) is 1.48. The molecule has 0 fully saturated rings. The van der Waals surface area contributed by atoms with E-state index in [9.17, 15) is 4.79 Å². The largest absolute Gasteiger partial charge is 0.480 e. The summed E-state index contributed by atoms with van der Waals surface area (Å²) in [5.41, 5.74) is 0. The molecule has 1 unspecified atom stereocenters. The summed E-state index contributed by atoms with van der Waals surface area (Å²) in [5.74, 6) is 0.0402. The predicted octanol–water partition coefficient (Wildman–Crippen LogP) is 0.926. The molecule has 3 nitrogen and oxygen atoms in total. The van der Waals surface area contributed by atoms with E-state index in [-0.39, 0.29) is 0 Å². The highest BCUT2D eigenvalue weighted by Crippen LogP contribution is 2.06. The van der Waals surface area contributed by atoms with Gasteiger partial charge in [0.15, 0.2) is 0 Å². The summed E-state index contributed by atoms with van der Waals surface area (Å²) in [4.78, 5) is 12.3. The van der Waals surface area contributed by atoms with Crippen molar-refractivity contribution in [1.29, 1.82) is 0 Å². The Hall–Kier alpha value is 0.130. The molecule has 0 aliphatic rings. The van der Waals surface area contributed by atoms with Crippen LogP contribution in [0.1, 0.15) is 13.3 Å². The van der Waals surface area contributed by atoms with Gasteiger partial charge in [-0.25, -0.2) is 0 Å². The predicted molar refractivity (Wildman–Crippen MR) is 51.3 cm³/mol. The number of carboxylic acids is 1. The number of thiol groups is 2. The monoisotopic (exact) mass is 195 g/mol. The topological polar surface area (TPSA) is 40.5 Å². The van der Waals surface area contributed by atoms with Gasteiger partial charge in [0.2, 0.25) is 0 Å². The zero-order chi connectivity index (χ0) is 8.85. The first-order chi connectivity index (χ1) is 5.17. The Bertz CT molecular complexity index is 128. The van der Waals surface area contributed by atoms with Crippen molar-refractivity contribution in [1.82, 2.24) is 4.90 Å². The number of hydrogen-bond acceptors (Lipinski definition) is 4. The van der Waals surface area contributed by atoms with Gasteiger partial charge in [0.25, 0.3) is 0 Å². The smallest absolute Gasteiger partial charge is 0.320 e. The standard InChI is InChI=1S/C6H13NO2S2/c1-2-5(6(8)9)7(3-10)4-11/h5,10-11H,2-4H2,1H3,(H,8,9). The normalized spacial score (nSPS) is 13.5. The molecule has 11 heavy (non-hydrogen) atoms. The van der Waals surface area contributed by atoms with Gasteiger partial charge in [0.1, 0.15) is 6.04 Å². The summed E-state index contributed by atoms with van der Waals surface area (Å²) >= 11 is 7.99. The zero-order valence-electron chi connectivity index (χ0n) is 6.40. The van der Waals surface area contributed by atoms with Crippen LogP contribution >= 0.6 is 25.3 Å². The Morgan fingerprint density at radius 1 is 1.55 bits per heavy atom. The van der Waals surface area contributed by atoms with Crippen LogP contribution in [0.5, 0.6) is 0 Å². The lowest BCUT2D eigenvalue weighted by Crippen LogP contribution is -2.39. The van der Waals surface area contributed by atoms with E-state index in [0.29, 0.717) is 18.2 Å². The molecule has 0 amide bonds. The van der Waals surface area contributed by atoms with Gasteiger partial charge in [-0.3, -0.25) is 9.69 Å². The average Bonchev–Trinajstić information content (AvgIpc) is 1.99. The SMILES string of the molecule is CCC(C(=O)O)N(CS)CS. The summed E-state index contributed by atoms with van der Waals surface area (Å²) in [6.45, 7) is 1.83. The number of rotatable bonds is 5. The quantitative estimate of drug-likeness (QED) is 0.451. The van der Waals surface area contributed by atoms with Gasteiger partial charge in [-0.15, -0.1) is 0 Å². The van der Waals surface area contributed by atoms with Crippen LogP contribution in [0.25, 0.3) is 0 Å². The minimum absolute atomic E-state index is 0.425. The van der Waals surface area contributed by atoms with Gasteiger partial charge in [-0.1, -0.05) is 6.92 Å². The lowest BCUT2D eigenvalue weighted by molar-refractivity contribution is -0.142. The fraction of sp³-hybridized carbons (Fsp3) is 0.833. The van der Waals surface area contributed by atoms with E-state index < -0.39 is 12.0 Å². The van der Waals surface area contributed by atoms with Crippen molar-refractivity contribution in [3.8, 4) is 0 Å². The number of nitrogens with zero attached hydrogens (tertiary/aromatic N) is 1. The summed E-state index contributed by atoms with van der Waals surface area (Å²) in [5, 5.41) is 8.70. The fourth-order valence-electron chi connectivity index (χ4n) is 0.831. The molecule has 0 aliphatic carbocycles. The Morgan fingerprint density at radius 3 is 2.09 bits per heavy atom. The molecule has 0 aromatic rings. The molecule has 5 heteroatoms. The van der Waals surface area contributed by atoms with Gasteiger partial charge < -0.3 is 5.11 Å². The minimum atomic E-state index is -0.810. The van der Waals surface area contributed by atoms with E-state index in [1.54, 1.807) is 4.90 Å².